The van der Waals surface area contributed by atoms with Crippen LogP contribution in [-0.4, -0.2) is 25.4 Å². The van der Waals surface area contributed by atoms with Crippen LogP contribution in [0.15, 0.2) is 52.0 Å². The molecule has 1 fully saturated rings. The standard InChI is InChI=1S/C17H18BrN3O3S/c18-13-8-9-16(19-11-13)20-17(22)12-4-3-7-15(10-12)25(23,24)21-14-5-1-2-6-14/h3-4,7-11,14,21H,1-2,5-6H2,(H,19,20,22). The predicted octanol–water partition coefficient (Wildman–Crippen LogP) is 3.32. The van der Waals surface area contributed by atoms with E-state index in [0.717, 1.165) is 30.2 Å². The number of anilines is 1. The summed E-state index contributed by atoms with van der Waals surface area (Å²) in [5, 5.41) is 2.65. The minimum Gasteiger partial charge on any atom is -0.307 e. The van der Waals surface area contributed by atoms with Gasteiger partial charge in [0, 0.05) is 22.3 Å². The maximum atomic E-state index is 12.5. The number of nitrogens with zero attached hydrogens (tertiary/aromatic N) is 1. The molecule has 0 spiro atoms. The van der Waals surface area contributed by atoms with Gasteiger partial charge in [-0.05, 0) is 59.1 Å². The number of carbonyl (C=O) groups is 1. The molecule has 0 bridgehead atoms. The molecule has 0 radical (unpaired) electrons. The Kier molecular flexibility index (Phi) is 5.51. The first kappa shape index (κ1) is 18.0. The summed E-state index contributed by atoms with van der Waals surface area (Å²) < 4.78 is 28.5. The summed E-state index contributed by atoms with van der Waals surface area (Å²) in [7, 11) is -3.63. The maximum Gasteiger partial charge on any atom is 0.256 e. The van der Waals surface area contributed by atoms with Gasteiger partial charge in [0.25, 0.3) is 5.91 Å². The van der Waals surface area contributed by atoms with Crippen LogP contribution in [0.1, 0.15) is 36.0 Å². The van der Waals surface area contributed by atoms with E-state index in [2.05, 4.69) is 31.0 Å². The molecule has 1 aromatic heterocycles. The van der Waals surface area contributed by atoms with Crippen LogP contribution in [0.25, 0.3) is 0 Å². The Morgan fingerprint density at radius 2 is 1.92 bits per heavy atom. The number of sulfonamides is 1. The lowest BCUT2D eigenvalue weighted by molar-refractivity contribution is 0.102. The summed E-state index contributed by atoms with van der Waals surface area (Å²) in [6.07, 6.45) is 5.36. The number of aromatic nitrogens is 1. The third kappa shape index (κ3) is 4.65. The second-order valence-electron chi connectivity index (χ2n) is 5.95. The van der Waals surface area contributed by atoms with Crippen molar-refractivity contribution in [3.05, 3.63) is 52.6 Å². The lowest BCUT2D eigenvalue weighted by Gasteiger charge is -2.13. The van der Waals surface area contributed by atoms with Crippen molar-refractivity contribution in [3.8, 4) is 0 Å². The molecule has 25 heavy (non-hydrogen) atoms. The molecule has 1 aliphatic rings. The fraction of sp³-hybridized carbons (Fsp3) is 0.294. The van der Waals surface area contributed by atoms with E-state index in [1.54, 1.807) is 30.5 Å². The zero-order valence-electron chi connectivity index (χ0n) is 13.4. The Morgan fingerprint density at radius 3 is 2.60 bits per heavy atom. The summed E-state index contributed by atoms with van der Waals surface area (Å²) in [6, 6.07) is 9.40. The summed E-state index contributed by atoms with van der Waals surface area (Å²) in [5.74, 6) is -0.0155. The van der Waals surface area contributed by atoms with E-state index in [-0.39, 0.29) is 16.5 Å². The molecule has 1 saturated carbocycles. The number of amides is 1. The SMILES string of the molecule is O=C(Nc1ccc(Br)cn1)c1cccc(S(=O)(=O)NC2CCCC2)c1. The van der Waals surface area contributed by atoms with Crippen molar-refractivity contribution in [2.45, 2.75) is 36.6 Å². The second-order valence-corrected chi connectivity index (χ2v) is 8.58. The number of benzene rings is 1. The van der Waals surface area contributed by atoms with Gasteiger partial charge in [0.15, 0.2) is 0 Å². The highest BCUT2D eigenvalue weighted by atomic mass is 79.9. The molecule has 0 saturated heterocycles. The van der Waals surface area contributed by atoms with Crippen LogP contribution in [0.2, 0.25) is 0 Å². The van der Waals surface area contributed by atoms with Crippen molar-refractivity contribution in [3.63, 3.8) is 0 Å². The average molecular weight is 424 g/mol. The van der Waals surface area contributed by atoms with E-state index in [0.29, 0.717) is 5.82 Å². The highest BCUT2D eigenvalue weighted by molar-refractivity contribution is 9.10. The van der Waals surface area contributed by atoms with Crippen LogP contribution in [0.4, 0.5) is 5.82 Å². The van der Waals surface area contributed by atoms with Crippen LogP contribution >= 0.6 is 15.9 Å². The molecule has 1 aromatic carbocycles. The van der Waals surface area contributed by atoms with Gasteiger partial charge < -0.3 is 5.32 Å². The quantitative estimate of drug-likeness (QED) is 0.771. The molecule has 0 atom stereocenters. The first-order chi connectivity index (χ1) is 11.9. The van der Waals surface area contributed by atoms with Crippen LogP contribution in [0.5, 0.6) is 0 Å². The summed E-state index contributed by atoms with van der Waals surface area (Å²) in [5.41, 5.74) is 0.263. The molecule has 1 aliphatic carbocycles. The largest absolute Gasteiger partial charge is 0.307 e. The van der Waals surface area contributed by atoms with Crippen LogP contribution in [0.3, 0.4) is 0 Å². The normalized spacial score (nSPS) is 15.2. The first-order valence-corrected chi connectivity index (χ1v) is 10.3. The molecule has 2 aromatic rings. The molecule has 1 amide bonds. The number of carbonyl (C=O) groups excluding carboxylic acids is 1. The maximum absolute atomic E-state index is 12.5. The topological polar surface area (TPSA) is 88.2 Å². The van der Waals surface area contributed by atoms with E-state index in [4.69, 9.17) is 0 Å². The highest BCUT2D eigenvalue weighted by Gasteiger charge is 2.23. The predicted molar refractivity (Wildman–Crippen MR) is 98.9 cm³/mol. The third-order valence-electron chi connectivity index (χ3n) is 4.05. The van der Waals surface area contributed by atoms with Gasteiger partial charge in [-0.3, -0.25) is 4.79 Å². The van der Waals surface area contributed by atoms with Gasteiger partial charge in [-0.15, -0.1) is 0 Å². The van der Waals surface area contributed by atoms with Gasteiger partial charge in [-0.1, -0.05) is 18.9 Å². The van der Waals surface area contributed by atoms with E-state index in [9.17, 15) is 13.2 Å². The van der Waals surface area contributed by atoms with Crippen molar-refractivity contribution in [2.75, 3.05) is 5.32 Å². The number of rotatable bonds is 5. The van der Waals surface area contributed by atoms with Crippen molar-refractivity contribution in [1.82, 2.24) is 9.71 Å². The van der Waals surface area contributed by atoms with Crippen molar-refractivity contribution in [2.24, 2.45) is 0 Å². The molecule has 0 aliphatic heterocycles. The summed E-state index contributed by atoms with van der Waals surface area (Å²) >= 11 is 3.27. The molecular formula is C17H18BrN3O3S. The molecule has 132 valence electrons. The number of nitrogens with one attached hydrogen (secondary N) is 2. The average Bonchev–Trinajstić information content (AvgIpc) is 3.09. The first-order valence-electron chi connectivity index (χ1n) is 7.99. The third-order valence-corrected chi connectivity index (χ3v) is 6.04. The zero-order valence-corrected chi connectivity index (χ0v) is 15.8. The highest BCUT2D eigenvalue weighted by Crippen LogP contribution is 2.21. The van der Waals surface area contributed by atoms with Crippen LogP contribution in [-0.2, 0) is 10.0 Å². The second kappa shape index (κ2) is 7.63. The molecular weight excluding hydrogens is 406 g/mol. The minimum atomic E-state index is -3.63. The van der Waals surface area contributed by atoms with E-state index < -0.39 is 15.9 Å². The van der Waals surface area contributed by atoms with Gasteiger partial charge in [0.2, 0.25) is 10.0 Å². The smallest absolute Gasteiger partial charge is 0.256 e. The van der Waals surface area contributed by atoms with Crippen molar-refractivity contribution in [1.29, 1.82) is 0 Å². The number of halogens is 1. The van der Waals surface area contributed by atoms with Crippen LogP contribution < -0.4 is 10.0 Å². The molecule has 0 unspecified atom stereocenters. The summed E-state index contributed by atoms with van der Waals surface area (Å²) in [6.45, 7) is 0. The minimum absolute atomic E-state index is 0.0190. The van der Waals surface area contributed by atoms with E-state index in [1.807, 2.05) is 0 Å². The Hall–Kier alpha value is -1.77. The van der Waals surface area contributed by atoms with E-state index >= 15 is 0 Å². The lowest BCUT2D eigenvalue weighted by atomic mass is 10.2. The molecule has 8 heteroatoms. The number of pyridine rings is 1. The Morgan fingerprint density at radius 1 is 1.16 bits per heavy atom. The number of hydrogen-bond donors (Lipinski definition) is 2. The Bertz CT molecular complexity index is 863. The van der Waals surface area contributed by atoms with Crippen molar-refractivity contribution >= 4 is 37.7 Å². The van der Waals surface area contributed by atoms with Crippen LogP contribution in [0, 0.1) is 0 Å². The number of hydrogen-bond acceptors (Lipinski definition) is 4. The Balaban J connectivity index is 1.76. The van der Waals surface area contributed by atoms with Gasteiger partial charge >= 0.3 is 0 Å². The molecule has 6 nitrogen and oxygen atoms in total. The van der Waals surface area contributed by atoms with Gasteiger partial charge in [0.05, 0.1) is 4.90 Å². The molecule has 2 N–H and O–H groups in total. The van der Waals surface area contributed by atoms with Gasteiger partial charge in [-0.2, -0.15) is 0 Å². The fourth-order valence-corrected chi connectivity index (χ4v) is 4.36. The summed E-state index contributed by atoms with van der Waals surface area (Å²) in [4.78, 5) is 16.5. The fourth-order valence-electron chi connectivity index (χ4n) is 2.77. The van der Waals surface area contributed by atoms with E-state index in [1.165, 1.54) is 12.1 Å². The van der Waals surface area contributed by atoms with Gasteiger partial charge in [-0.25, -0.2) is 18.1 Å². The lowest BCUT2D eigenvalue weighted by Crippen LogP contribution is -2.32. The van der Waals surface area contributed by atoms with Crippen molar-refractivity contribution < 1.29 is 13.2 Å². The molecule has 3 rings (SSSR count). The molecule has 1 heterocycles. The van der Waals surface area contributed by atoms with Gasteiger partial charge in [0.1, 0.15) is 5.82 Å². The zero-order chi connectivity index (χ0) is 17.9. The Labute approximate surface area is 155 Å². The monoisotopic (exact) mass is 423 g/mol.